The van der Waals surface area contributed by atoms with Crippen LogP contribution in [0.3, 0.4) is 0 Å². The molecule has 4 N–H and O–H groups in total. The Labute approximate surface area is 118 Å². The van der Waals surface area contributed by atoms with Crippen molar-refractivity contribution in [1.82, 2.24) is 0 Å². The lowest BCUT2D eigenvalue weighted by atomic mass is 9.97. The predicted octanol–water partition coefficient (Wildman–Crippen LogP) is 2.27. The van der Waals surface area contributed by atoms with Crippen LogP contribution in [-0.2, 0) is 11.2 Å². The molecule has 1 aliphatic rings. The Bertz CT molecular complexity index is 667. The van der Waals surface area contributed by atoms with Gasteiger partial charge < -0.3 is 16.4 Å². The molecule has 0 saturated carbocycles. The van der Waals surface area contributed by atoms with Gasteiger partial charge in [-0.15, -0.1) is 0 Å². The number of nitrogens with two attached hydrogens (primary N) is 1. The van der Waals surface area contributed by atoms with Gasteiger partial charge in [0.15, 0.2) is 0 Å². The van der Waals surface area contributed by atoms with Gasteiger partial charge in [0.25, 0.3) is 0 Å². The van der Waals surface area contributed by atoms with Crippen molar-refractivity contribution in [2.75, 3.05) is 17.7 Å². The van der Waals surface area contributed by atoms with Gasteiger partial charge in [0.1, 0.15) is 0 Å². The van der Waals surface area contributed by atoms with Crippen LogP contribution in [0.5, 0.6) is 0 Å². The predicted molar refractivity (Wildman–Crippen MR) is 80.8 cm³/mol. The van der Waals surface area contributed by atoms with Gasteiger partial charge in [-0.3, -0.25) is 4.79 Å². The average Bonchev–Trinajstić information content (AvgIpc) is 2.85. The molecule has 102 valence electrons. The highest BCUT2D eigenvalue weighted by atomic mass is 16.1. The van der Waals surface area contributed by atoms with Crippen molar-refractivity contribution >= 4 is 17.3 Å². The summed E-state index contributed by atoms with van der Waals surface area (Å²) in [4.78, 5) is 11.4. The van der Waals surface area contributed by atoms with Gasteiger partial charge in [0, 0.05) is 18.4 Å². The minimum absolute atomic E-state index is 0.0444. The van der Waals surface area contributed by atoms with Crippen LogP contribution in [0, 0.1) is 0 Å². The molecule has 3 rings (SSSR count). The van der Waals surface area contributed by atoms with E-state index in [0.29, 0.717) is 6.42 Å². The lowest BCUT2D eigenvalue weighted by molar-refractivity contribution is -0.115. The van der Waals surface area contributed by atoms with Crippen molar-refractivity contribution in [2.45, 2.75) is 12.5 Å². The van der Waals surface area contributed by atoms with E-state index in [-0.39, 0.29) is 11.9 Å². The smallest absolute Gasteiger partial charge is 0.228 e. The standard InChI is InChI=1S/C16H17N3O/c1-18-13-4-2-3-10(8-13)16(17)11-5-6-14-12(7-11)9-15(20)19-14/h2-8,16,18H,9,17H2,1H3,(H,19,20). The summed E-state index contributed by atoms with van der Waals surface area (Å²) in [5.41, 5.74) is 11.4. The zero-order valence-corrected chi connectivity index (χ0v) is 11.3. The number of fused-ring (bicyclic) bond motifs is 1. The molecule has 2 aromatic carbocycles. The summed E-state index contributed by atoms with van der Waals surface area (Å²) in [7, 11) is 1.89. The lowest BCUT2D eigenvalue weighted by Gasteiger charge is -2.15. The Kier molecular flexibility index (Phi) is 3.16. The highest BCUT2D eigenvalue weighted by Crippen LogP contribution is 2.28. The molecular weight excluding hydrogens is 250 g/mol. The maximum atomic E-state index is 11.4. The number of hydrogen-bond acceptors (Lipinski definition) is 3. The Morgan fingerprint density at radius 2 is 2.00 bits per heavy atom. The summed E-state index contributed by atoms with van der Waals surface area (Å²) in [6.45, 7) is 0. The molecule has 0 aliphatic carbocycles. The monoisotopic (exact) mass is 267 g/mol. The lowest BCUT2D eigenvalue weighted by Crippen LogP contribution is -2.12. The minimum Gasteiger partial charge on any atom is -0.388 e. The molecule has 0 aromatic heterocycles. The molecule has 4 nitrogen and oxygen atoms in total. The van der Waals surface area contributed by atoms with E-state index in [0.717, 1.165) is 28.1 Å². The van der Waals surface area contributed by atoms with Gasteiger partial charge in [-0.1, -0.05) is 24.3 Å². The van der Waals surface area contributed by atoms with Crippen molar-refractivity contribution in [3.05, 3.63) is 59.2 Å². The zero-order chi connectivity index (χ0) is 14.1. The number of hydrogen-bond donors (Lipinski definition) is 3. The molecule has 1 atom stereocenters. The first-order valence-electron chi connectivity index (χ1n) is 6.63. The third-order valence-electron chi connectivity index (χ3n) is 3.65. The van der Waals surface area contributed by atoms with Crippen LogP contribution >= 0.6 is 0 Å². The fraction of sp³-hybridized carbons (Fsp3) is 0.188. The molecule has 2 aromatic rings. The molecule has 0 bridgehead atoms. The van der Waals surface area contributed by atoms with E-state index in [4.69, 9.17) is 5.73 Å². The Balaban J connectivity index is 1.92. The molecule has 1 heterocycles. The molecule has 0 fully saturated rings. The SMILES string of the molecule is CNc1cccc(C(N)c2ccc3c(c2)CC(=O)N3)c1. The van der Waals surface area contributed by atoms with E-state index >= 15 is 0 Å². The number of carbonyl (C=O) groups is 1. The van der Waals surface area contributed by atoms with E-state index in [2.05, 4.69) is 10.6 Å². The second-order valence-corrected chi connectivity index (χ2v) is 4.99. The van der Waals surface area contributed by atoms with Gasteiger partial charge in [-0.05, 0) is 34.9 Å². The van der Waals surface area contributed by atoms with Crippen molar-refractivity contribution in [2.24, 2.45) is 5.73 Å². The highest BCUT2D eigenvalue weighted by Gasteiger charge is 2.19. The zero-order valence-electron chi connectivity index (χ0n) is 11.3. The second kappa shape index (κ2) is 4.98. The largest absolute Gasteiger partial charge is 0.388 e. The number of anilines is 2. The van der Waals surface area contributed by atoms with Crippen molar-refractivity contribution < 1.29 is 4.79 Å². The third-order valence-corrected chi connectivity index (χ3v) is 3.65. The van der Waals surface area contributed by atoms with Crippen LogP contribution in [0.25, 0.3) is 0 Å². The first kappa shape index (κ1) is 12.7. The van der Waals surface area contributed by atoms with Gasteiger partial charge in [0.05, 0.1) is 12.5 Å². The van der Waals surface area contributed by atoms with E-state index in [1.54, 1.807) is 0 Å². The number of benzene rings is 2. The van der Waals surface area contributed by atoms with Crippen molar-refractivity contribution in [1.29, 1.82) is 0 Å². The highest BCUT2D eigenvalue weighted by molar-refractivity contribution is 5.99. The summed E-state index contributed by atoms with van der Waals surface area (Å²) in [6.07, 6.45) is 0.437. The van der Waals surface area contributed by atoms with Crippen molar-refractivity contribution in [3.63, 3.8) is 0 Å². The van der Waals surface area contributed by atoms with Gasteiger partial charge in [-0.2, -0.15) is 0 Å². The number of carbonyl (C=O) groups excluding carboxylic acids is 1. The van der Waals surface area contributed by atoms with E-state index in [1.807, 2.05) is 49.5 Å². The maximum Gasteiger partial charge on any atom is 0.228 e. The van der Waals surface area contributed by atoms with E-state index in [1.165, 1.54) is 0 Å². The van der Waals surface area contributed by atoms with E-state index < -0.39 is 0 Å². The summed E-state index contributed by atoms with van der Waals surface area (Å²) in [5.74, 6) is 0.0444. The molecular formula is C16H17N3O. The Hall–Kier alpha value is -2.33. The van der Waals surface area contributed by atoms with Gasteiger partial charge in [-0.25, -0.2) is 0 Å². The molecule has 0 spiro atoms. The number of rotatable bonds is 3. The van der Waals surface area contributed by atoms with Crippen LogP contribution in [0.4, 0.5) is 11.4 Å². The Morgan fingerprint density at radius 1 is 1.20 bits per heavy atom. The second-order valence-electron chi connectivity index (χ2n) is 4.99. The van der Waals surface area contributed by atoms with Crippen LogP contribution in [-0.4, -0.2) is 13.0 Å². The van der Waals surface area contributed by atoms with Crippen LogP contribution in [0.1, 0.15) is 22.7 Å². The third kappa shape index (κ3) is 2.26. The minimum atomic E-state index is -0.190. The van der Waals surface area contributed by atoms with Crippen LogP contribution in [0.2, 0.25) is 0 Å². The Morgan fingerprint density at radius 3 is 2.80 bits per heavy atom. The van der Waals surface area contributed by atoms with Crippen molar-refractivity contribution in [3.8, 4) is 0 Å². The quantitative estimate of drug-likeness (QED) is 0.799. The molecule has 1 amide bonds. The summed E-state index contributed by atoms with van der Waals surface area (Å²) in [6, 6.07) is 13.8. The molecule has 20 heavy (non-hydrogen) atoms. The number of amides is 1. The van der Waals surface area contributed by atoms with Crippen LogP contribution in [0.15, 0.2) is 42.5 Å². The molecule has 1 unspecified atom stereocenters. The first-order valence-corrected chi connectivity index (χ1v) is 6.63. The number of nitrogens with one attached hydrogen (secondary N) is 2. The summed E-state index contributed by atoms with van der Waals surface area (Å²) < 4.78 is 0. The summed E-state index contributed by atoms with van der Waals surface area (Å²) in [5, 5.41) is 5.94. The fourth-order valence-corrected chi connectivity index (χ4v) is 2.52. The maximum absolute atomic E-state index is 11.4. The normalized spacial score (nSPS) is 14.6. The van der Waals surface area contributed by atoms with E-state index in [9.17, 15) is 4.79 Å². The molecule has 0 saturated heterocycles. The molecule has 0 radical (unpaired) electrons. The molecule has 1 aliphatic heterocycles. The van der Waals surface area contributed by atoms with Crippen LogP contribution < -0.4 is 16.4 Å². The van der Waals surface area contributed by atoms with Gasteiger partial charge in [0.2, 0.25) is 5.91 Å². The first-order chi connectivity index (χ1) is 9.67. The fourth-order valence-electron chi connectivity index (χ4n) is 2.52. The topological polar surface area (TPSA) is 67.1 Å². The van der Waals surface area contributed by atoms with Gasteiger partial charge >= 0.3 is 0 Å². The average molecular weight is 267 g/mol. The molecule has 4 heteroatoms. The summed E-state index contributed by atoms with van der Waals surface area (Å²) >= 11 is 0.